The molecule has 7 heteroatoms. The molecule has 0 N–H and O–H groups in total. The van der Waals surface area contributed by atoms with Crippen molar-refractivity contribution in [2.45, 2.75) is 13.0 Å². The maximum Gasteiger partial charge on any atom is 0.256 e. The molecule has 0 aliphatic carbocycles. The molecule has 2 rings (SSSR count). The molecule has 1 unspecified atom stereocenters. The number of methoxy groups -OCH3 is 1. The average Bonchev–Trinajstić information content (AvgIpc) is 2.65. The molecule has 0 bridgehead atoms. The van der Waals surface area contributed by atoms with Crippen LogP contribution < -0.4 is 4.74 Å². The van der Waals surface area contributed by atoms with Crippen LogP contribution in [0.5, 0.6) is 5.88 Å². The molecule has 16 heavy (non-hydrogen) atoms. The van der Waals surface area contributed by atoms with Crippen LogP contribution in [-0.2, 0) is 4.74 Å². The highest BCUT2D eigenvalue weighted by Gasteiger charge is 2.10. The van der Waals surface area contributed by atoms with Gasteiger partial charge in [0.15, 0.2) is 0 Å². The first-order valence-electron chi connectivity index (χ1n) is 4.72. The van der Waals surface area contributed by atoms with Gasteiger partial charge in [0.1, 0.15) is 17.6 Å². The molecule has 0 spiro atoms. The lowest BCUT2D eigenvalue weighted by Gasteiger charge is -2.13. The predicted octanol–water partition coefficient (Wildman–Crippen LogP) is 1.19. The van der Waals surface area contributed by atoms with Crippen molar-refractivity contribution in [1.82, 2.24) is 19.6 Å². The molecule has 0 saturated heterocycles. The Labute approximate surface area is 97.2 Å². The topological polar surface area (TPSA) is 61.5 Å². The van der Waals surface area contributed by atoms with Crippen molar-refractivity contribution in [3.63, 3.8) is 0 Å². The van der Waals surface area contributed by atoms with E-state index in [0.717, 1.165) is 0 Å². The fraction of sp³-hybridized carbons (Fsp3) is 0.444. The van der Waals surface area contributed by atoms with E-state index >= 15 is 0 Å². The van der Waals surface area contributed by atoms with Crippen LogP contribution in [0.25, 0.3) is 5.78 Å². The van der Waals surface area contributed by atoms with Crippen molar-refractivity contribution in [3.8, 4) is 5.88 Å². The van der Waals surface area contributed by atoms with Crippen LogP contribution >= 0.6 is 11.6 Å². The number of rotatable bonds is 4. The first-order chi connectivity index (χ1) is 7.70. The van der Waals surface area contributed by atoms with Crippen LogP contribution in [0.1, 0.15) is 6.92 Å². The molecule has 2 aromatic rings. The molecular formula is C9H11ClN4O2. The molecule has 0 aromatic carbocycles. The van der Waals surface area contributed by atoms with Crippen LogP contribution in [0.4, 0.5) is 0 Å². The highest BCUT2D eigenvalue weighted by atomic mass is 35.5. The van der Waals surface area contributed by atoms with Gasteiger partial charge < -0.3 is 9.47 Å². The third-order valence-electron chi connectivity index (χ3n) is 1.91. The van der Waals surface area contributed by atoms with Gasteiger partial charge in [0, 0.05) is 13.2 Å². The Morgan fingerprint density at radius 1 is 1.56 bits per heavy atom. The molecule has 0 amide bonds. The fourth-order valence-corrected chi connectivity index (χ4v) is 1.49. The molecule has 2 heterocycles. The van der Waals surface area contributed by atoms with Gasteiger partial charge in [0.05, 0.1) is 6.61 Å². The number of halogens is 1. The number of hydrogen-bond acceptors (Lipinski definition) is 5. The van der Waals surface area contributed by atoms with Crippen molar-refractivity contribution in [1.29, 1.82) is 0 Å². The monoisotopic (exact) mass is 242 g/mol. The van der Waals surface area contributed by atoms with E-state index in [4.69, 9.17) is 21.1 Å². The molecule has 0 aliphatic heterocycles. The molecule has 6 nitrogen and oxygen atoms in total. The normalized spacial score (nSPS) is 12.9. The summed E-state index contributed by atoms with van der Waals surface area (Å²) in [4.78, 5) is 7.93. The zero-order chi connectivity index (χ0) is 11.5. The zero-order valence-electron chi connectivity index (χ0n) is 8.92. The van der Waals surface area contributed by atoms with Gasteiger partial charge in [-0.25, -0.2) is 0 Å². The highest BCUT2D eigenvalue weighted by Crippen LogP contribution is 2.17. The minimum atomic E-state index is -0.101. The zero-order valence-corrected chi connectivity index (χ0v) is 9.68. The minimum absolute atomic E-state index is 0.101. The lowest BCUT2D eigenvalue weighted by molar-refractivity contribution is 0.0872. The van der Waals surface area contributed by atoms with E-state index in [1.807, 2.05) is 6.92 Å². The Morgan fingerprint density at radius 3 is 3.12 bits per heavy atom. The van der Waals surface area contributed by atoms with E-state index in [1.165, 1.54) is 10.8 Å². The quantitative estimate of drug-likeness (QED) is 0.754. The Hall–Kier alpha value is -1.40. The Balaban J connectivity index is 2.31. The van der Waals surface area contributed by atoms with Crippen LogP contribution in [0.3, 0.4) is 0 Å². The van der Waals surface area contributed by atoms with Gasteiger partial charge >= 0.3 is 0 Å². The van der Waals surface area contributed by atoms with E-state index in [-0.39, 0.29) is 6.10 Å². The largest absolute Gasteiger partial charge is 0.472 e. The SMILES string of the molecule is COCC(C)Oc1cc(Cl)nc2ncnn12. The summed E-state index contributed by atoms with van der Waals surface area (Å²) in [5.41, 5.74) is 0. The summed E-state index contributed by atoms with van der Waals surface area (Å²) in [5, 5.41) is 4.31. The van der Waals surface area contributed by atoms with Gasteiger partial charge in [-0.3, -0.25) is 0 Å². The molecule has 0 fully saturated rings. The van der Waals surface area contributed by atoms with Gasteiger partial charge in [-0.1, -0.05) is 11.6 Å². The second kappa shape index (κ2) is 4.63. The smallest absolute Gasteiger partial charge is 0.256 e. The third-order valence-corrected chi connectivity index (χ3v) is 2.10. The minimum Gasteiger partial charge on any atom is -0.472 e. The van der Waals surface area contributed by atoms with Crippen LogP contribution in [0.2, 0.25) is 5.15 Å². The predicted molar refractivity (Wildman–Crippen MR) is 57.8 cm³/mol. The molecule has 2 aromatic heterocycles. The summed E-state index contributed by atoms with van der Waals surface area (Å²) in [7, 11) is 1.62. The number of fused-ring (bicyclic) bond motifs is 1. The summed E-state index contributed by atoms with van der Waals surface area (Å²) in [5.74, 6) is 0.907. The van der Waals surface area contributed by atoms with Crippen LogP contribution in [0.15, 0.2) is 12.4 Å². The standard InChI is InChI=1S/C9H11ClN4O2/c1-6(4-15-2)16-8-3-7(10)13-9-11-5-12-14(8)9/h3,5-6H,4H2,1-2H3. The second-order valence-corrected chi connectivity index (χ2v) is 3.66. The summed E-state index contributed by atoms with van der Waals surface area (Å²) in [6.45, 7) is 2.37. The summed E-state index contributed by atoms with van der Waals surface area (Å²) in [6.07, 6.45) is 1.29. The number of nitrogens with zero attached hydrogens (tertiary/aromatic N) is 4. The van der Waals surface area contributed by atoms with Gasteiger partial charge in [0.2, 0.25) is 5.88 Å². The van der Waals surface area contributed by atoms with Crippen molar-refractivity contribution < 1.29 is 9.47 Å². The van der Waals surface area contributed by atoms with E-state index in [0.29, 0.717) is 23.4 Å². The van der Waals surface area contributed by atoms with E-state index in [9.17, 15) is 0 Å². The molecule has 0 aliphatic rings. The third kappa shape index (κ3) is 2.23. The van der Waals surface area contributed by atoms with Gasteiger partial charge in [-0.15, -0.1) is 0 Å². The number of ether oxygens (including phenoxy) is 2. The molecule has 86 valence electrons. The molecule has 0 saturated carbocycles. The summed E-state index contributed by atoms with van der Waals surface area (Å²) >= 11 is 5.84. The van der Waals surface area contributed by atoms with Crippen molar-refractivity contribution >= 4 is 17.4 Å². The van der Waals surface area contributed by atoms with E-state index in [2.05, 4.69) is 15.1 Å². The van der Waals surface area contributed by atoms with Crippen LogP contribution in [-0.4, -0.2) is 39.4 Å². The van der Waals surface area contributed by atoms with Crippen LogP contribution in [0, 0.1) is 0 Å². The highest BCUT2D eigenvalue weighted by molar-refractivity contribution is 6.29. The molecule has 0 radical (unpaired) electrons. The van der Waals surface area contributed by atoms with E-state index < -0.39 is 0 Å². The fourth-order valence-electron chi connectivity index (χ4n) is 1.32. The van der Waals surface area contributed by atoms with E-state index in [1.54, 1.807) is 13.2 Å². The Kier molecular flexibility index (Phi) is 3.21. The molecular weight excluding hydrogens is 232 g/mol. The lowest BCUT2D eigenvalue weighted by Crippen LogP contribution is -2.19. The Bertz CT molecular complexity index is 487. The first-order valence-corrected chi connectivity index (χ1v) is 5.10. The first kappa shape index (κ1) is 11.1. The van der Waals surface area contributed by atoms with Crippen molar-refractivity contribution in [2.24, 2.45) is 0 Å². The lowest BCUT2D eigenvalue weighted by atomic mass is 10.4. The number of hydrogen-bond donors (Lipinski definition) is 0. The average molecular weight is 243 g/mol. The summed E-state index contributed by atoms with van der Waals surface area (Å²) in [6, 6.07) is 1.59. The van der Waals surface area contributed by atoms with Gasteiger partial charge in [0.25, 0.3) is 5.78 Å². The van der Waals surface area contributed by atoms with Crippen molar-refractivity contribution in [3.05, 3.63) is 17.5 Å². The Morgan fingerprint density at radius 2 is 2.38 bits per heavy atom. The maximum atomic E-state index is 5.84. The summed E-state index contributed by atoms with van der Waals surface area (Å²) < 4.78 is 12.1. The van der Waals surface area contributed by atoms with Crippen molar-refractivity contribution in [2.75, 3.05) is 13.7 Å². The second-order valence-electron chi connectivity index (χ2n) is 3.27. The number of aromatic nitrogens is 4. The van der Waals surface area contributed by atoms with Gasteiger partial charge in [-0.05, 0) is 6.92 Å². The van der Waals surface area contributed by atoms with Gasteiger partial charge in [-0.2, -0.15) is 19.6 Å². The maximum absolute atomic E-state index is 5.84. The molecule has 1 atom stereocenters.